The molecule has 0 unspecified atom stereocenters. The first-order valence-electron chi connectivity index (χ1n) is 7.48. The molecule has 6 nitrogen and oxygen atoms in total. The van der Waals surface area contributed by atoms with Crippen molar-refractivity contribution in [2.75, 3.05) is 20.2 Å². The lowest BCUT2D eigenvalue weighted by molar-refractivity contribution is 0.0743. The summed E-state index contributed by atoms with van der Waals surface area (Å²) in [5, 5.41) is 13.3. The summed E-state index contributed by atoms with van der Waals surface area (Å²) in [6.45, 7) is 4.54. The van der Waals surface area contributed by atoms with Gasteiger partial charge in [0.2, 0.25) is 0 Å². The van der Waals surface area contributed by atoms with Gasteiger partial charge in [-0.25, -0.2) is 4.68 Å². The van der Waals surface area contributed by atoms with E-state index in [4.69, 9.17) is 10.00 Å². The summed E-state index contributed by atoms with van der Waals surface area (Å²) in [4.78, 5) is 14.3. The van der Waals surface area contributed by atoms with Crippen molar-refractivity contribution in [1.82, 2.24) is 14.7 Å². The van der Waals surface area contributed by atoms with Gasteiger partial charge in [-0.2, -0.15) is 10.4 Å². The standard InChI is InChI=1S/C17H20N4O2/c1-4-20(11-13(2)10-18)17(22)16-15(23-3)12-21(19-16)14-8-6-5-7-9-14/h5-9,12-13H,4,11H2,1-3H3/t13-/m1/s1. The highest BCUT2D eigenvalue weighted by molar-refractivity contribution is 5.95. The van der Waals surface area contributed by atoms with E-state index in [0.29, 0.717) is 18.8 Å². The van der Waals surface area contributed by atoms with Crippen LogP contribution >= 0.6 is 0 Å². The van der Waals surface area contributed by atoms with Gasteiger partial charge in [-0.1, -0.05) is 18.2 Å². The molecule has 0 radical (unpaired) electrons. The molecule has 0 aliphatic heterocycles. The first kappa shape index (κ1) is 16.6. The average molecular weight is 312 g/mol. The van der Waals surface area contributed by atoms with Crippen molar-refractivity contribution < 1.29 is 9.53 Å². The number of hydrogen-bond donors (Lipinski definition) is 0. The Bertz CT molecular complexity index is 703. The second-order valence-electron chi connectivity index (χ2n) is 5.20. The normalized spacial score (nSPS) is 11.6. The fourth-order valence-corrected chi connectivity index (χ4v) is 2.25. The lowest BCUT2D eigenvalue weighted by atomic mass is 10.2. The van der Waals surface area contributed by atoms with E-state index in [1.54, 1.807) is 22.7 Å². The van der Waals surface area contributed by atoms with E-state index in [2.05, 4.69) is 11.2 Å². The molecule has 6 heteroatoms. The van der Waals surface area contributed by atoms with E-state index in [9.17, 15) is 4.79 Å². The Morgan fingerprint density at radius 1 is 1.43 bits per heavy atom. The van der Waals surface area contributed by atoms with Gasteiger partial charge >= 0.3 is 0 Å². The van der Waals surface area contributed by atoms with Crippen LogP contribution in [-0.4, -0.2) is 40.8 Å². The Hall–Kier alpha value is -2.81. The van der Waals surface area contributed by atoms with Crippen molar-refractivity contribution in [2.45, 2.75) is 13.8 Å². The molecule has 0 N–H and O–H groups in total. The van der Waals surface area contributed by atoms with Gasteiger partial charge in [-0.3, -0.25) is 4.79 Å². The summed E-state index contributed by atoms with van der Waals surface area (Å²) in [5.74, 6) is -0.0517. The van der Waals surface area contributed by atoms with Crippen LogP contribution in [-0.2, 0) is 0 Å². The molecule has 0 aliphatic carbocycles. The third kappa shape index (κ3) is 3.69. The molecule has 1 heterocycles. The molecule has 0 fully saturated rings. The van der Waals surface area contributed by atoms with Gasteiger partial charge in [0.05, 0.1) is 31.0 Å². The molecule has 0 saturated carbocycles. The quantitative estimate of drug-likeness (QED) is 0.821. The zero-order valence-electron chi connectivity index (χ0n) is 13.6. The van der Waals surface area contributed by atoms with Gasteiger partial charge in [0, 0.05) is 13.1 Å². The number of carbonyl (C=O) groups excluding carboxylic acids is 1. The van der Waals surface area contributed by atoms with Gasteiger partial charge in [0.15, 0.2) is 11.4 Å². The topological polar surface area (TPSA) is 71.2 Å². The predicted octanol–water partition coefficient (Wildman–Crippen LogP) is 2.50. The van der Waals surface area contributed by atoms with Crippen LogP contribution in [0.1, 0.15) is 24.3 Å². The second kappa shape index (κ2) is 7.45. The Balaban J connectivity index is 2.33. The molecule has 0 saturated heterocycles. The largest absolute Gasteiger partial charge is 0.493 e. The lowest BCUT2D eigenvalue weighted by Gasteiger charge is -2.21. The summed E-state index contributed by atoms with van der Waals surface area (Å²) >= 11 is 0. The van der Waals surface area contributed by atoms with Crippen LogP contribution in [0.3, 0.4) is 0 Å². The molecule has 1 aromatic heterocycles. The molecular weight excluding hydrogens is 292 g/mol. The minimum Gasteiger partial charge on any atom is -0.493 e. The monoisotopic (exact) mass is 312 g/mol. The molecule has 1 atom stereocenters. The predicted molar refractivity (Wildman–Crippen MR) is 86.5 cm³/mol. The first-order chi connectivity index (χ1) is 11.1. The van der Waals surface area contributed by atoms with Crippen LogP contribution in [0.2, 0.25) is 0 Å². The van der Waals surface area contributed by atoms with Gasteiger partial charge in [0.25, 0.3) is 5.91 Å². The Labute approximate surface area is 135 Å². The van der Waals surface area contributed by atoms with Gasteiger partial charge < -0.3 is 9.64 Å². The smallest absolute Gasteiger partial charge is 0.278 e. The Kier molecular flexibility index (Phi) is 5.36. The molecular formula is C17H20N4O2. The highest BCUT2D eigenvalue weighted by atomic mass is 16.5. The van der Waals surface area contributed by atoms with E-state index < -0.39 is 0 Å². The van der Waals surface area contributed by atoms with E-state index in [-0.39, 0.29) is 17.5 Å². The second-order valence-corrected chi connectivity index (χ2v) is 5.20. The fraction of sp³-hybridized carbons (Fsp3) is 0.353. The van der Waals surface area contributed by atoms with E-state index in [1.165, 1.54) is 7.11 Å². The molecule has 2 aromatic rings. The summed E-state index contributed by atoms with van der Waals surface area (Å²) < 4.78 is 6.92. The maximum absolute atomic E-state index is 12.7. The maximum atomic E-state index is 12.7. The third-order valence-corrected chi connectivity index (χ3v) is 3.51. The Morgan fingerprint density at radius 3 is 2.70 bits per heavy atom. The maximum Gasteiger partial charge on any atom is 0.278 e. The summed E-state index contributed by atoms with van der Waals surface area (Å²) in [5.41, 5.74) is 1.10. The number of carbonyl (C=O) groups is 1. The van der Waals surface area contributed by atoms with E-state index in [1.807, 2.05) is 37.3 Å². The molecule has 0 aliphatic rings. The van der Waals surface area contributed by atoms with Crippen molar-refractivity contribution in [3.05, 3.63) is 42.2 Å². The zero-order valence-corrected chi connectivity index (χ0v) is 13.6. The zero-order chi connectivity index (χ0) is 16.8. The summed E-state index contributed by atoms with van der Waals surface area (Å²) in [6.07, 6.45) is 1.68. The number of rotatable bonds is 6. The van der Waals surface area contributed by atoms with Crippen LogP contribution in [0.5, 0.6) is 5.75 Å². The third-order valence-electron chi connectivity index (χ3n) is 3.51. The molecule has 0 bridgehead atoms. The number of aromatic nitrogens is 2. The fourth-order valence-electron chi connectivity index (χ4n) is 2.25. The van der Waals surface area contributed by atoms with Crippen molar-refractivity contribution >= 4 is 5.91 Å². The molecule has 1 amide bonds. The Morgan fingerprint density at radius 2 is 2.13 bits per heavy atom. The number of methoxy groups -OCH3 is 1. The van der Waals surface area contributed by atoms with Crippen LogP contribution in [0.15, 0.2) is 36.5 Å². The van der Waals surface area contributed by atoms with E-state index >= 15 is 0 Å². The lowest BCUT2D eigenvalue weighted by Crippen LogP contribution is -2.34. The molecule has 2 rings (SSSR count). The van der Waals surface area contributed by atoms with Crippen molar-refractivity contribution in [3.8, 4) is 17.5 Å². The number of benzene rings is 1. The van der Waals surface area contributed by atoms with Gasteiger partial charge in [-0.05, 0) is 26.0 Å². The summed E-state index contributed by atoms with van der Waals surface area (Å²) in [6, 6.07) is 11.7. The van der Waals surface area contributed by atoms with Gasteiger partial charge in [0.1, 0.15) is 0 Å². The number of ether oxygens (including phenoxy) is 1. The average Bonchev–Trinajstić information content (AvgIpc) is 3.04. The van der Waals surface area contributed by atoms with Crippen LogP contribution in [0, 0.1) is 17.2 Å². The highest BCUT2D eigenvalue weighted by Crippen LogP contribution is 2.21. The van der Waals surface area contributed by atoms with Crippen LogP contribution in [0.4, 0.5) is 0 Å². The number of nitriles is 1. The number of hydrogen-bond acceptors (Lipinski definition) is 4. The molecule has 1 aromatic carbocycles. The van der Waals surface area contributed by atoms with Crippen molar-refractivity contribution in [2.24, 2.45) is 5.92 Å². The minimum absolute atomic E-state index is 0.235. The number of amides is 1. The van der Waals surface area contributed by atoms with Crippen molar-refractivity contribution in [1.29, 1.82) is 5.26 Å². The molecule has 120 valence electrons. The SMILES string of the molecule is CCN(C[C@H](C)C#N)C(=O)c1nn(-c2ccccc2)cc1OC. The molecule has 23 heavy (non-hydrogen) atoms. The summed E-state index contributed by atoms with van der Waals surface area (Å²) in [7, 11) is 1.51. The highest BCUT2D eigenvalue weighted by Gasteiger charge is 2.24. The van der Waals surface area contributed by atoms with Crippen LogP contribution < -0.4 is 4.74 Å². The number of para-hydroxylation sites is 1. The first-order valence-corrected chi connectivity index (χ1v) is 7.48. The van der Waals surface area contributed by atoms with Gasteiger partial charge in [-0.15, -0.1) is 0 Å². The van der Waals surface area contributed by atoms with Crippen molar-refractivity contribution in [3.63, 3.8) is 0 Å². The number of nitrogens with zero attached hydrogens (tertiary/aromatic N) is 4. The minimum atomic E-state index is -0.235. The van der Waals surface area contributed by atoms with Crippen LogP contribution in [0.25, 0.3) is 5.69 Å². The van der Waals surface area contributed by atoms with E-state index in [0.717, 1.165) is 5.69 Å². The molecule has 0 spiro atoms.